The first-order valence-electron chi connectivity index (χ1n) is 6.62. The van der Waals surface area contributed by atoms with Gasteiger partial charge in [0.2, 0.25) is 0 Å². The van der Waals surface area contributed by atoms with Crippen LogP contribution >= 0.6 is 0 Å². The first-order valence-corrected chi connectivity index (χ1v) is 6.62. The topological polar surface area (TPSA) is 84.9 Å². The van der Waals surface area contributed by atoms with Gasteiger partial charge in [0.1, 0.15) is 6.04 Å². The number of hydrazine groups is 1. The lowest BCUT2D eigenvalue weighted by Gasteiger charge is -2.32. The monoisotopic (exact) mass is 272 g/mol. The van der Waals surface area contributed by atoms with Gasteiger partial charge >= 0.3 is 12.0 Å². The van der Waals surface area contributed by atoms with Gasteiger partial charge in [0.05, 0.1) is 0 Å². The van der Waals surface area contributed by atoms with E-state index in [4.69, 9.17) is 5.11 Å². The van der Waals surface area contributed by atoms with Gasteiger partial charge in [-0.05, 0) is 19.4 Å². The van der Waals surface area contributed by atoms with Gasteiger partial charge in [0, 0.05) is 26.2 Å². The number of rotatable bonds is 5. The van der Waals surface area contributed by atoms with Crippen molar-refractivity contribution in [2.45, 2.75) is 26.3 Å². The Hall–Kier alpha value is -1.34. The zero-order valence-corrected chi connectivity index (χ0v) is 11.8. The highest BCUT2D eigenvalue weighted by Crippen LogP contribution is 2.05. The first-order chi connectivity index (χ1) is 8.88. The third-order valence-electron chi connectivity index (χ3n) is 3.07. The second-order valence-corrected chi connectivity index (χ2v) is 5.40. The quantitative estimate of drug-likeness (QED) is 0.653. The van der Waals surface area contributed by atoms with Gasteiger partial charge < -0.3 is 15.3 Å². The van der Waals surface area contributed by atoms with Gasteiger partial charge in [-0.15, -0.1) is 0 Å². The van der Waals surface area contributed by atoms with Crippen LogP contribution in [0.2, 0.25) is 0 Å². The van der Waals surface area contributed by atoms with Crippen molar-refractivity contribution in [1.29, 1.82) is 0 Å². The molecule has 0 aromatic carbocycles. The van der Waals surface area contributed by atoms with Crippen LogP contribution in [0, 0.1) is 5.92 Å². The van der Waals surface area contributed by atoms with E-state index in [1.165, 1.54) is 0 Å². The molecular formula is C12H24N4O3. The van der Waals surface area contributed by atoms with E-state index in [-0.39, 0.29) is 5.92 Å². The Morgan fingerprint density at radius 3 is 2.26 bits per heavy atom. The van der Waals surface area contributed by atoms with Crippen LogP contribution in [0.4, 0.5) is 4.79 Å². The predicted molar refractivity (Wildman–Crippen MR) is 71.6 cm³/mol. The van der Waals surface area contributed by atoms with E-state index in [0.717, 1.165) is 26.2 Å². The smallest absolute Gasteiger partial charge is 0.330 e. The van der Waals surface area contributed by atoms with Gasteiger partial charge in [-0.3, -0.25) is 5.43 Å². The van der Waals surface area contributed by atoms with Gasteiger partial charge in [-0.2, -0.15) is 0 Å². The molecule has 1 heterocycles. The van der Waals surface area contributed by atoms with E-state index in [9.17, 15) is 9.59 Å². The number of carbonyl (C=O) groups is 2. The van der Waals surface area contributed by atoms with Gasteiger partial charge in [-0.1, -0.05) is 13.8 Å². The molecule has 0 aliphatic carbocycles. The summed E-state index contributed by atoms with van der Waals surface area (Å²) in [6.45, 7) is 7.10. The maximum absolute atomic E-state index is 11.7. The standard InChI is InChI=1S/C12H24N4O3/c1-9(2)8-10(11(17)18)13-12(19)14-16-6-4-15(3)5-7-16/h9-10H,4-8H2,1-3H3,(H,17,18)(H2,13,14,19)/t10-/m1/s1. The average molecular weight is 272 g/mol. The lowest BCUT2D eigenvalue weighted by Crippen LogP contribution is -2.57. The molecule has 0 unspecified atom stereocenters. The second kappa shape index (κ2) is 7.30. The number of hydrogen-bond acceptors (Lipinski definition) is 4. The summed E-state index contributed by atoms with van der Waals surface area (Å²) >= 11 is 0. The summed E-state index contributed by atoms with van der Waals surface area (Å²) in [6.07, 6.45) is 0.422. The minimum absolute atomic E-state index is 0.213. The summed E-state index contributed by atoms with van der Waals surface area (Å²) in [5.74, 6) is -0.785. The molecule has 1 saturated heterocycles. The van der Waals surface area contributed by atoms with Crippen LogP contribution in [-0.4, -0.2) is 66.3 Å². The molecule has 0 saturated carbocycles. The maximum Gasteiger partial charge on any atom is 0.330 e. The van der Waals surface area contributed by atoms with E-state index in [0.29, 0.717) is 6.42 Å². The average Bonchev–Trinajstić information content (AvgIpc) is 2.30. The molecule has 3 N–H and O–H groups in total. The molecule has 1 fully saturated rings. The van der Waals surface area contributed by atoms with Crippen molar-refractivity contribution >= 4 is 12.0 Å². The molecule has 0 spiro atoms. The summed E-state index contributed by atoms with van der Waals surface area (Å²) in [6, 6.07) is -1.29. The van der Waals surface area contributed by atoms with Gasteiger partial charge in [-0.25, -0.2) is 14.6 Å². The number of nitrogens with one attached hydrogen (secondary N) is 2. The molecule has 0 aromatic rings. The maximum atomic E-state index is 11.7. The number of urea groups is 1. The number of nitrogens with zero attached hydrogens (tertiary/aromatic N) is 2. The molecule has 1 rings (SSSR count). The van der Waals surface area contributed by atoms with Gasteiger partial charge in [0.15, 0.2) is 0 Å². The molecule has 19 heavy (non-hydrogen) atoms. The van der Waals surface area contributed by atoms with E-state index in [1.807, 2.05) is 25.9 Å². The first kappa shape index (κ1) is 15.7. The Bertz CT molecular complexity index is 314. The summed E-state index contributed by atoms with van der Waals surface area (Å²) in [7, 11) is 2.03. The highest BCUT2D eigenvalue weighted by atomic mass is 16.4. The van der Waals surface area contributed by atoms with Crippen molar-refractivity contribution in [3.05, 3.63) is 0 Å². The Morgan fingerprint density at radius 1 is 1.21 bits per heavy atom. The highest BCUT2D eigenvalue weighted by molar-refractivity contribution is 5.82. The lowest BCUT2D eigenvalue weighted by atomic mass is 10.0. The summed E-state index contributed by atoms with van der Waals surface area (Å²) < 4.78 is 0. The van der Waals surface area contributed by atoms with Crippen molar-refractivity contribution in [2.24, 2.45) is 5.92 Å². The number of aliphatic carboxylic acids is 1. The van der Waals surface area contributed by atoms with Crippen LogP contribution in [0.25, 0.3) is 0 Å². The number of carboxylic acid groups (broad SMARTS) is 1. The van der Waals surface area contributed by atoms with Crippen LogP contribution in [-0.2, 0) is 4.79 Å². The third kappa shape index (κ3) is 5.89. The SMILES string of the molecule is CC(C)C[C@@H](NC(=O)NN1CCN(C)CC1)C(=O)O. The van der Waals surface area contributed by atoms with E-state index in [2.05, 4.69) is 15.6 Å². The van der Waals surface area contributed by atoms with Crippen LogP contribution in [0.15, 0.2) is 0 Å². The molecule has 0 aromatic heterocycles. The number of likely N-dealkylation sites (N-methyl/N-ethyl adjacent to an activating group) is 1. The molecule has 1 aliphatic heterocycles. The molecule has 1 aliphatic rings. The van der Waals surface area contributed by atoms with Crippen LogP contribution < -0.4 is 10.7 Å². The van der Waals surface area contributed by atoms with Crippen molar-refractivity contribution in [2.75, 3.05) is 33.2 Å². The van der Waals surface area contributed by atoms with Crippen LogP contribution in [0.1, 0.15) is 20.3 Å². The largest absolute Gasteiger partial charge is 0.480 e. The predicted octanol–water partition coefficient (Wildman–Crippen LogP) is -0.0527. The lowest BCUT2D eigenvalue weighted by molar-refractivity contribution is -0.139. The molecule has 2 amide bonds. The van der Waals surface area contributed by atoms with Crippen molar-refractivity contribution in [3.63, 3.8) is 0 Å². The summed E-state index contributed by atoms with van der Waals surface area (Å²) in [5, 5.41) is 13.4. The Morgan fingerprint density at radius 2 is 1.79 bits per heavy atom. The zero-order valence-electron chi connectivity index (χ0n) is 11.8. The molecule has 0 bridgehead atoms. The fraction of sp³-hybridized carbons (Fsp3) is 0.833. The Balaban J connectivity index is 2.38. The minimum Gasteiger partial charge on any atom is -0.480 e. The zero-order chi connectivity index (χ0) is 14.4. The van der Waals surface area contributed by atoms with E-state index in [1.54, 1.807) is 0 Å². The molecule has 110 valence electrons. The van der Waals surface area contributed by atoms with E-state index >= 15 is 0 Å². The molecule has 0 radical (unpaired) electrons. The summed E-state index contributed by atoms with van der Waals surface area (Å²) in [5.41, 5.74) is 2.69. The third-order valence-corrected chi connectivity index (χ3v) is 3.07. The highest BCUT2D eigenvalue weighted by Gasteiger charge is 2.22. The van der Waals surface area contributed by atoms with Crippen molar-refractivity contribution in [1.82, 2.24) is 20.7 Å². The Kier molecular flexibility index (Phi) is 6.04. The number of hydrogen-bond donors (Lipinski definition) is 3. The number of amides is 2. The number of carboxylic acids is 1. The fourth-order valence-electron chi connectivity index (χ4n) is 1.95. The second-order valence-electron chi connectivity index (χ2n) is 5.40. The van der Waals surface area contributed by atoms with Gasteiger partial charge in [0.25, 0.3) is 0 Å². The normalized spacial score (nSPS) is 19.2. The van der Waals surface area contributed by atoms with Crippen LogP contribution in [0.5, 0.6) is 0 Å². The summed E-state index contributed by atoms with van der Waals surface area (Å²) in [4.78, 5) is 25.0. The van der Waals surface area contributed by atoms with Crippen molar-refractivity contribution in [3.8, 4) is 0 Å². The molecule has 7 heteroatoms. The van der Waals surface area contributed by atoms with Crippen LogP contribution in [0.3, 0.4) is 0 Å². The van der Waals surface area contributed by atoms with Crippen molar-refractivity contribution < 1.29 is 14.7 Å². The number of piperazine rings is 1. The molecular weight excluding hydrogens is 248 g/mol. The minimum atomic E-state index is -0.998. The van der Waals surface area contributed by atoms with E-state index < -0.39 is 18.0 Å². The molecule has 1 atom stereocenters. The fourth-order valence-corrected chi connectivity index (χ4v) is 1.95. The number of carbonyl (C=O) groups excluding carboxylic acids is 1. The molecule has 7 nitrogen and oxygen atoms in total. The Labute approximate surface area is 113 Å².